The van der Waals surface area contributed by atoms with E-state index in [0.717, 1.165) is 24.5 Å². The highest BCUT2D eigenvalue weighted by Crippen LogP contribution is 2.48. The minimum Gasteiger partial charge on any atom is -0.354 e. The summed E-state index contributed by atoms with van der Waals surface area (Å²) in [6, 6.07) is 7.42. The highest BCUT2D eigenvalue weighted by atomic mass is 19.1. The summed E-state index contributed by atoms with van der Waals surface area (Å²) >= 11 is 0. The average Bonchev–Trinajstić information content (AvgIpc) is 3.06. The normalized spacial score (nSPS) is 18.8. The lowest BCUT2D eigenvalue weighted by molar-refractivity contribution is -0.127. The Balaban J connectivity index is 1.54. The summed E-state index contributed by atoms with van der Waals surface area (Å²) in [6.45, 7) is 3.42. The van der Waals surface area contributed by atoms with Gasteiger partial charge in [-0.3, -0.25) is 9.59 Å². The van der Waals surface area contributed by atoms with Crippen LogP contribution in [0.2, 0.25) is 0 Å². The van der Waals surface area contributed by atoms with Gasteiger partial charge in [0.25, 0.3) is 0 Å². The number of benzene rings is 2. The molecule has 3 N–H and O–H groups in total. The lowest BCUT2D eigenvalue weighted by Crippen LogP contribution is -2.46. The van der Waals surface area contributed by atoms with Crippen molar-refractivity contribution in [2.24, 2.45) is 5.92 Å². The number of nitrogens with one attached hydrogen (secondary N) is 3. The minimum absolute atomic E-state index is 0.0414. The van der Waals surface area contributed by atoms with E-state index >= 15 is 0 Å². The predicted octanol–water partition coefficient (Wildman–Crippen LogP) is 4.39. The maximum atomic E-state index is 14.4. The Hall–Kier alpha value is -3.29. The van der Waals surface area contributed by atoms with E-state index in [1.54, 1.807) is 19.1 Å². The van der Waals surface area contributed by atoms with Crippen LogP contribution in [0.4, 0.5) is 13.2 Å². The number of halogens is 3. The summed E-state index contributed by atoms with van der Waals surface area (Å²) in [7, 11) is 0. The van der Waals surface area contributed by atoms with Crippen LogP contribution in [-0.2, 0) is 9.59 Å². The molecule has 1 saturated carbocycles. The molecule has 0 aliphatic heterocycles. The first-order valence-electron chi connectivity index (χ1n) is 10.5. The van der Waals surface area contributed by atoms with Crippen LogP contribution in [0, 0.1) is 23.4 Å². The number of hydrogen-bond donors (Lipinski definition) is 3. The van der Waals surface area contributed by atoms with Crippen LogP contribution in [0.15, 0.2) is 36.4 Å². The van der Waals surface area contributed by atoms with E-state index in [2.05, 4.69) is 15.6 Å². The van der Waals surface area contributed by atoms with Gasteiger partial charge >= 0.3 is 0 Å². The molecule has 1 unspecified atom stereocenters. The molecule has 32 heavy (non-hydrogen) atoms. The number of amides is 2. The SMILES string of the molecule is CC(=O)NC(C)C(=O)NCC1CC(c2c(-c3ccc(F)cc3)[nH]c3c(F)cc(F)cc23)C1. The molecule has 1 aliphatic carbocycles. The lowest BCUT2D eigenvalue weighted by Gasteiger charge is -2.36. The Morgan fingerprint density at radius 3 is 2.44 bits per heavy atom. The quantitative estimate of drug-likeness (QED) is 0.529. The molecule has 1 aliphatic rings. The maximum absolute atomic E-state index is 14.4. The van der Waals surface area contributed by atoms with Gasteiger partial charge in [0.05, 0.1) is 11.2 Å². The highest BCUT2D eigenvalue weighted by Gasteiger charge is 2.35. The van der Waals surface area contributed by atoms with Gasteiger partial charge in [0.2, 0.25) is 11.8 Å². The largest absolute Gasteiger partial charge is 0.354 e. The first kappa shape index (κ1) is 21.9. The monoisotopic (exact) mass is 443 g/mol. The van der Waals surface area contributed by atoms with Gasteiger partial charge in [-0.15, -0.1) is 0 Å². The van der Waals surface area contributed by atoms with E-state index < -0.39 is 17.7 Å². The fourth-order valence-electron chi connectivity index (χ4n) is 4.41. The van der Waals surface area contributed by atoms with E-state index in [4.69, 9.17) is 0 Å². The molecule has 8 heteroatoms. The van der Waals surface area contributed by atoms with Crippen molar-refractivity contribution >= 4 is 22.7 Å². The Morgan fingerprint density at radius 1 is 1.09 bits per heavy atom. The zero-order valence-electron chi connectivity index (χ0n) is 17.8. The smallest absolute Gasteiger partial charge is 0.242 e. The van der Waals surface area contributed by atoms with Gasteiger partial charge < -0.3 is 15.6 Å². The van der Waals surface area contributed by atoms with E-state index in [1.165, 1.54) is 25.1 Å². The summed E-state index contributed by atoms with van der Waals surface area (Å²) in [4.78, 5) is 26.3. The van der Waals surface area contributed by atoms with Gasteiger partial charge in [-0.05, 0) is 73.1 Å². The molecule has 1 aromatic heterocycles. The number of carbonyl (C=O) groups is 2. The summed E-state index contributed by atoms with van der Waals surface area (Å²) < 4.78 is 41.9. The number of carbonyl (C=O) groups excluding carboxylic acids is 2. The highest BCUT2D eigenvalue weighted by molar-refractivity contribution is 5.92. The van der Waals surface area contributed by atoms with Crippen LogP contribution in [0.3, 0.4) is 0 Å². The zero-order valence-corrected chi connectivity index (χ0v) is 17.8. The number of rotatable bonds is 6. The van der Waals surface area contributed by atoms with E-state index in [-0.39, 0.29) is 35.0 Å². The number of aromatic nitrogens is 1. The molecular weight excluding hydrogens is 419 g/mol. The summed E-state index contributed by atoms with van der Waals surface area (Å²) in [6.07, 6.45) is 1.46. The third kappa shape index (κ3) is 4.35. The molecule has 0 bridgehead atoms. The van der Waals surface area contributed by atoms with Gasteiger partial charge in [0, 0.05) is 24.9 Å². The molecule has 1 fully saturated rings. The van der Waals surface area contributed by atoms with Crippen molar-refractivity contribution in [1.82, 2.24) is 15.6 Å². The van der Waals surface area contributed by atoms with Crippen molar-refractivity contribution in [2.75, 3.05) is 6.54 Å². The van der Waals surface area contributed by atoms with Crippen molar-refractivity contribution in [2.45, 2.75) is 38.6 Å². The molecule has 3 aromatic rings. The molecule has 0 spiro atoms. The lowest BCUT2D eigenvalue weighted by atomic mass is 9.70. The summed E-state index contributed by atoms with van der Waals surface area (Å²) in [5, 5.41) is 5.86. The van der Waals surface area contributed by atoms with Gasteiger partial charge in [0.15, 0.2) is 0 Å². The summed E-state index contributed by atoms with van der Waals surface area (Å²) in [5.41, 5.74) is 2.37. The Bertz CT molecular complexity index is 1170. The second-order valence-electron chi connectivity index (χ2n) is 8.43. The molecule has 0 saturated heterocycles. The van der Waals surface area contributed by atoms with E-state index in [1.807, 2.05) is 0 Å². The molecule has 168 valence electrons. The van der Waals surface area contributed by atoms with Crippen molar-refractivity contribution in [1.29, 1.82) is 0 Å². The topological polar surface area (TPSA) is 74.0 Å². The van der Waals surface area contributed by atoms with E-state index in [0.29, 0.717) is 23.2 Å². The molecule has 0 radical (unpaired) electrons. The fraction of sp³-hybridized carbons (Fsp3) is 0.333. The molecule has 4 rings (SSSR count). The molecule has 1 heterocycles. The number of fused-ring (bicyclic) bond motifs is 1. The van der Waals surface area contributed by atoms with Gasteiger partial charge in [-0.2, -0.15) is 0 Å². The molecule has 1 atom stereocenters. The Labute approximate surface area is 183 Å². The van der Waals surface area contributed by atoms with Gasteiger partial charge in [-0.1, -0.05) is 0 Å². The molecular formula is C24H24F3N3O2. The van der Waals surface area contributed by atoms with E-state index in [9.17, 15) is 22.8 Å². The van der Waals surface area contributed by atoms with Crippen molar-refractivity contribution in [3.8, 4) is 11.3 Å². The Kier molecular flexibility index (Phi) is 5.95. The van der Waals surface area contributed by atoms with Crippen molar-refractivity contribution in [3.05, 3.63) is 59.4 Å². The van der Waals surface area contributed by atoms with Crippen molar-refractivity contribution < 1.29 is 22.8 Å². The first-order chi connectivity index (χ1) is 15.2. The summed E-state index contributed by atoms with van der Waals surface area (Å²) in [5.74, 6) is -2.00. The number of aromatic amines is 1. The third-order valence-electron chi connectivity index (χ3n) is 6.02. The van der Waals surface area contributed by atoms with Crippen molar-refractivity contribution in [3.63, 3.8) is 0 Å². The first-order valence-corrected chi connectivity index (χ1v) is 10.5. The number of H-pyrrole nitrogens is 1. The second-order valence-corrected chi connectivity index (χ2v) is 8.43. The van der Waals surface area contributed by atoms with Crippen LogP contribution >= 0.6 is 0 Å². The van der Waals surface area contributed by atoms with Crippen LogP contribution < -0.4 is 10.6 Å². The zero-order chi connectivity index (χ0) is 23.0. The van der Waals surface area contributed by atoms with Gasteiger partial charge in [0.1, 0.15) is 23.5 Å². The standard InChI is InChI=1S/C24H24F3N3O2/c1-12(29-13(2)31)24(32)28-11-14-7-16(8-14)21-19-9-18(26)10-20(27)23(19)30-22(21)15-3-5-17(25)6-4-15/h3-6,9-10,12,14,16,30H,7-8,11H2,1-2H3,(H,28,32)(H,29,31). The third-order valence-corrected chi connectivity index (χ3v) is 6.02. The van der Waals surface area contributed by atoms with Crippen LogP contribution in [0.5, 0.6) is 0 Å². The van der Waals surface area contributed by atoms with Crippen LogP contribution in [-0.4, -0.2) is 29.4 Å². The maximum Gasteiger partial charge on any atom is 0.242 e. The molecule has 2 amide bonds. The minimum atomic E-state index is -0.676. The van der Waals surface area contributed by atoms with Crippen LogP contribution in [0.1, 0.15) is 38.2 Å². The Morgan fingerprint density at radius 2 is 1.78 bits per heavy atom. The molecule has 5 nitrogen and oxygen atoms in total. The van der Waals surface area contributed by atoms with Gasteiger partial charge in [-0.25, -0.2) is 13.2 Å². The molecule has 2 aromatic carbocycles. The average molecular weight is 443 g/mol. The predicted molar refractivity (Wildman–Crippen MR) is 115 cm³/mol. The number of hydrogen-bond acceptors (Lipinski definition) is 2. The fourth-order valence-corrected chi connectivity index (χ4v) is 4.41. The van der Waals surface area contributed by atoms with Crippen LogP contribution in [0.25, 0.3) is 22.2 Å². The second kappa shape index (κ2) is 8.68.